The van der Waals surface area contributed by atoms with Gasteiger partial charge >= 0.3 is 6.09 Å². The van der Waals surface area contributed by atoms with Gasteiger partial charge in [0.2, 0.25) is 23.6 Å². The number of hydrogen-bond acceptors (Lipinski definition) is 9. The fraction of sp³-hybridized carbons (Fsp3) is 0.771. The Hall–Kier alpha value is -4.37. The summed E-state index contributed by atoms with van der Waals surface area (Å²) in [5.41, 5.74) is 9.80. The quantitative estimate of drug-likeness (QED) is 0.0659. The average molecular weight is 735 g/mol. The molecule has 1 aromatic heterocycles. The molecule has 17 heteroatoms. The first-order valence-corrected chi connectivity index (χ1v) is 17.9. The van der Waals surface area contributed by atoms with E-state index < -0.39 is 72.1 Å². The second-order valence-corrected chi connectivity index (χ2v) is 15.6. The van der Waals surface area contributed by atoms with Gasteiger partial charge in [-0.15, -0.1) is 0 Å². The number of nitrogens with one attached hydrogen (secondary N) is 5. The summed E-state index contributed by atoms with van der Waals surface area (Å²) < 4.78 is 6.81. The molecular formula is C35H62N10O7. The van der Waals surface area contributed by atoms with E-state index in [1.165, 1.54) is 4.68 Å². The molecule has 52 heavy (non-hydrogen) atoms. The van der Waals surface area contributed by atoms with Crippen LogP contribution >= 0.6 is 0 Å². The molecule has 5 amide bonds. The number of ether oxygens (including phenoxy) is 1. The summed E-state index contributed by atoms with van der Waals surface area (Å²) in [6.45, 7) is 21.6. The van der Waals surface area contributed by atoms with Crippen molar-refractivity contribution in [3.8, 4) is 0 Å². The zero-order valence-electron chi connectivity index (χ0n) is 32.9. The van der Waals surface area contributed by atoms with Gasteiger partial charge in [-0.05, 0) is 76.8 Å². The summed E-state index contributed by atoms with van der Waals surface area (Å²) in [6, 6.07) is -2.51. The number of aromatic nitrogens is 2. The number of aliphatic hydroxyl groups excluding tert-OH is 1. The maximum atomic E-state index is 13.8. The second-order valence-electron chi connectivity index (χ2n) is 15.6. The van der Waals surface area contributed by atoms with Crippen molar-refractivity contribution < 1.29 is 33.8 Å². The number of hydrogen-bond donors (Lipinski definition) is 6. The number of aliphatic hydroxyl groups is 1. The predicted molar refractivity (Wildman–Crippen MR) is 197 cm³/mol. The average Bonchev–Trinajstić information content (AvgIpc) is 3.33. The molecule has 6 atom stereocenters. The number of nitrogens with zero attached hydrogens (tertiary/aromatic N) is 5. The van der Waals surface area contributed by atoms with E-state index in [9.17, 15) is 34.6 Å². The summed E-state index contributed by atoms with van der Waals surface area (Å²) in [5.74, 6) is -2.93. The molecule has 6 N–H and O–H groups in total. The molecule has 0 aliphatic rings. The van der Waals surface area contributed by atoms with Crippen molar-refractivity contribution in [3.63, 3.8) is 0 Å². The molecule has 6 unspecified atom stereocenters. The van der Waals surface area contributed by atoms with Crippen LogP contribution in [0.4, 0.5) is 4.79 Å². The van der Waals surface area contributed by atoms with Gasteiger partial charge < -0.3 is 36.4 Å². The first-order valence-electron chi connectivity index (χ1n) is 17.9. The van der Waals surface area contributed by atoms with Gasteiger partial charge in [0.25, 0.3) is 0 Å². The minimum Gasteiger partial charge on any atom is -0.444 e. The molecule has 0 aliphatic carbocycles. The van der Waals surface area contributed by atoms with Crippen LogP contribution in [0, 0.1) is 37.5 Å². The van der Waals surface area contributed by atoms with E-state index in [1.54, 1.807) is 47.6 Å². The molecule has 0 spiro atoms. The van der Waals surface area contributed by atoms with Gasteiger partial charge in [-0.2, -0.15) is 5.10 Å². The Morgan fingerprint density at radius 3 is 2.02 bits per heavy atom. The lowest BCUT2D eigenvalue weighted by atomic mass is 9.91. The second kappa shape index (κ2) is 21.2. The zero-order valence-corrected chi connectivity index (χ0v) is 32.9. The van der Waals surface area contributed by atoms with Crippen LogP contribution in [0.3, 0.4) is 0 Å². The van der Waals surface area contributed by atoms with E-state index in [0.29, 0.717) is 18.7 Å². The Bertz CT molecular complexity index is 1400. The predicted octanol–water partition coefficient (Wildman–Crippen LogP) is 3.02. The number of carbonyl (C=O) groups is 5. The largest absolute Gasteiger partial charge is 0.444 e. The van der Waals surface area contributed by atoms with Crippen molar-refractivity contribution in [2.75, 3.05) is 13.1 Å². The Morgan fingerprint density at radius 1 is 0.885 bits per heavy atom. The summed E-state index contributed by atoms with van der Waals surface area (Å²) in [5, 5.41) is 32.8. The van der Waals surface area contributed by atoms with Crippen LogP contribution in [0.2, 0.25) is 0 Å². The van der Waals surface area contributed by atoms with Crippen molar-refractivity contribution in [2.45, 2.75) is 138 Å². The molecule has 17 nitrogen and oxygen atoms in total. The Kier molecular flexibility index (Phi) is 18.6. The van der Waals surface area contributed by atoms with E-state index in [2.05, 4.69) is 41.7 Å². The highest BCUT2D eigenvalue weighted by molar-refractivity contribution is 5.91. The van der Waals surface area contributed by atoms with E-state index >= 15 is 0 Å². The lowest BCUT2D eigenvalue weighted by Gasteiger charge is -2.30. The third kappa shape index (κ3) is 16.8. The topological polar surface area (TPSA) is 242 Å². The molecule has 0 bridgehead atoms. The third-order valence-electron chi connectivity index (χ3n) is 7.92. The van der Waals surface area contributed by atoms with Crippen molar-refractivity contribution >= 4 is 29.7 Å². The van der Waals surface area contributed by atoms with Gasteiger partial charge in [0.1, 0.15) is 23.7 Å². The number of amides is 5. The number of aryl methyl sites for hydroxylation is 2. The van der Waals surface area contributed by atoms with Crippen LogP contribution in [0.15, 0.2) is 11.2 Å². The molecule has 1 heterocycles. The van der Waals surface area contributed by atoms with Crippen LogP contribution in [-0.2, 0) is 30.5 Å². The van der Waals surface area contributed by atoms with E-state index in [-0.39, 0.29) is 36.6 Å². The van der Waals surface area contributed by atoms with Gasteiger partial charge in [0, 0.05) is 23.1 Å². The Balaban J connectivity index is 3.23. The van der Waals surface area contributed by atoms with Crippen molar-refractivity contribution in [2.24, 2.45) is 28.8 Å². The van der Waals surface area contributed by atoms with Crippen LogP contribution in [0.25, 0.3) is 10.4 Å². The Labute approximate surface area is 307 Å². The summed E-state index contributed by atoms with van der Waals surface area (Å²) in [4.78, 5) is 68.6. The molecule has 1 aromatic rings. The number of carbonyl (C=O) groups excluding carboxylic acids is 5. The maximum absolute atomic E-state index is 13.8. The number of rotatable bonds is 20. The van der Waals surface area contributed by atoms with Gasteiger partial charge in [0.15, 0.2) is 0 Å². The molecule has 0 radical (unpaired) electrons. The monoisotopic (exact) mass is 734 g/mol. The number of azide groups is 1. The SMILES string of the molecule is Cc1cc(C)n(CC(N=[N+]=[N-])C(=O)NC(CNC(=O)OC(C)(C)C)C(=O)NC(CC(C)C)C(O)CC(C)C(=O)NC(C(=O)NCC(C)C)C(C)C)n1. The van der Waals surface area contributed by atoms with Crippen LogP contribution in [0.5, 0.6) is 0 Å². The molecular weight excluding hydrogens is 672 g/mol. The minimum absolute atomic E-state index is 0.00194. The normalized spacial score (nSPS) is 15.1. The smallest absolute Gasteiger partial charge is 0.407 e. The van der Waals surface area contributed by atoms with Crippen LogP contribution in [0.1, 0.15) is 93.5 Å². The van der Waals surface area contributed by atoms with E-state index in [1.807, 2.05) is 41.5 Å². The molecule has 0 fully saturated rings. The number of alkyl carbamates (subject to hydrolysis) is 1. The zero-order chi connectivity index (χ0) is 39.9. The molecule has 0 aliphatic heterocycles. The van der Waals surface area contributed by atoms with Gasteiger partial charge in [-0.3, -0.25) is 23.9 Å². The van der Waals surface area contributed by atoms with Crippen LogP contribution in [-0.4, -0.2) is 93.6 Å². The van der Waals surface area contributed by atoms with Crippen molar-refractivity contribution in [3.05, 3.63) is 27.9 Å². The lowest BCUT2D eigenvalue weighted by Crippen LogP contribution is -2.58. The first-order chi connectivity index (χ1) is 24.0. The highest BCUT2D eigenvalue weighted by Crippen LogP contribution is 2.17. The van der Waals surface area contributed by atoms with Gasteiger partial charge in [-0.25, -0.2) is 4.79 Å². The third-order valence-corrected chi connectivity index (χ3v) is 7.92. The summed E-state index contributed by atoms with van der Waals surface area (Å²) >= 11 is 0. The van der Waals surface area contributed by atoms with E-state index in [0.717, 1.165) is 5.69 Å². The van der Waals surface area contributed by atoms with Crippen LogP contribution < -0.4 is 26.6 Å². The van der Waals surface area contributed by atoms with Gasteiger partial charge in [0.05, 0.1) is 30.9 Å². The standard InChI is InChI=1S/C35H62N10O7/c1-19(2)13-25(28(46)14-22(7)30(47)41-29(21(5)6)33(50)37-16-20(3)4)39-31(48)26(17-38-34(51)52-35(10,11)12)40-32(49)27(42-44-36)18-45-24(9)15-23(8)43-45/h15,19-22,25-29,46H,13-14,16-18H2,1-12H3,(H,37,50)(H,38,51)(H,39,48)(H,40,49)(H,41,47). The molecule has 1 rings (SSSR count). The van der Waals surface area contributed by atoms with Crippen molar-refractivity contribution in [1.82, 2.24) is 36.4 Å². The highest BCUT2D eigenvalue weighted by atomic mass is 16.6. The minimum atomic E-state index is -1.38. The summed E-state index contributed by atoms with van der Waals surface area (Å²) in [7, 11) is 0. The fourth-order valence-corrected chi connectivity index (χ4v) is 5.22. The highest BCUT2D eigenvalue weighted by Gasteiger charge is 2.33. The summed E-state index contributed by atoms with van der Waals surface area (Å²) in [6.07, 6.45) is -1.76. The lowest BCUT2D eigenvalue weighted by molar-refractivity contribution is -0.133. The fourth-order valence-electron chi connectivity index (χ4n) is 5.22. The molecule has 294 valence electrons. The van der Waals surface area contributed by atoms with E-state index in [4.69, 9.17) is 4.74 Å². The van der Waals surface area contributed by atoms with Crippen molar-refractivity contribution in [1.29, 1.82) is 0 Å². The first kappa shape index (κ1) is 45.7. The maximum Gasteiger partial charge on any atom is 0.407 e. The Morgan fingerprint density at radius 2 is 1.52 bits per heavy atom. The van der Waals surface area contributed by atoms with Gasteiger partial charge in [-0.1, -0.05) is 53.6 Å². The molecule has 0 aromatic carbocycles. The molecule has 0 saturated heterocycles. The molecule has 0 saturated carbocycles.